The van der Waals surface area contributed by atoms with Crippen molar-refractivity contribution in [1.82, 2.24) is 20.7 Å². The van der Waals surface area contributed by atoms with E-state index in [4.69, 9.17) is 9.57 Å². The van der Waals surface area contributed by atoms with E-state index >= 15 is 0 Å². The summed E-state index contributed by atoms with van der Waals surface area (Å²) < 4.78 is 5.38. The summed E-state index contributed by atoms with van der Waals surface area (Å²) in [6, 6.07) is 7.81. The number of ether oxygens (including phenoxy) is 1. The summed E-state index contributed by atoms with van der Waals surface area (Å²) in [5.41, 5.74) is 8.47. The van der Waals surface area contributed by atoms with Crippen molar-refractivity contribution in [2.75, 3.05) is 19.1 Å². The first kappa shape index (κ1) is 16.9. The molecule has 142 valence electrons. The lowest BCUT2D eigenvalue weighted by Crippen LogP contribution is -2.50. The van der Waals surface area contributed by atoms with E-state index in [1.165, 1.54) is 25.7 Å². The largest absolute Gasteiger partial charge is 0.481 e. The standard InChI is InChI=1S/C20H25N5O2/c1-26-19-17(3-2-9-22-19)15-8-10-21-18(11-15)24-25-23-13-20(27-25)12-14-4-6-16(20)7-5-14/h2-3,8-11,14,16,23H,4-7,12-13H2,1H3,(H,21,24)/t14?,16?,20-/m0/s1. The highest BCUT2D eigenvalue weighted by molar-refractivity contribution is 5.70. The highest BCUT2D eigenvalue weighted by atomic mass is 16.8. The highest BCUT2D eigenvalue weighted by Gasteiger charge is 2.52. The summed E-state index contributed by atoms with van der Waals surface area (Å²) in [5, 5.41) is 1.65. The van der Waals surface area contributed by atoms with Crippen molar-refractivity contribution in [2.45, 2.75) is 37.7 Å². The summed E-state index contributed by atoms with van der Waals surface area (Å²) in [6.45, 7) is 0.858. The fourth-order valence-electron chi connectivity index (χ4n) is 4.93. The molecule has 3 saturated carbocycles. The van der Waals surface area contributed by atoms with Crippen LogP contribution >= 0.6 is 0 Å². The van der Waals surface area contributed by atoms with Gasteiger partial charge in [-0.05, 0) is 79.1 Å². The van der Waals surface area contributed by atoms with Gasteiger partial charge in [0.1, 0.15) is 11.4 Å². The number of hydrogen-bond acceptors (Lipinski definition) is 7. The van der Waals surface area contributed by atoms with Gasteiger partial charge >= 0.3 is 0 Å². The molecule has 1 saturated heterocycles. The van der Waals surface area contributed by atoms with Gasteiger partial charge in [0.2, 0.25) is 5.88 Å². The molecular formula is C20H25N5O2. The van der Waals surface area contributed by atoms with Crippen molar-refractivity contribution in [3.05, 3.63) is 36.7 Å². The second-order valence-electron chi connectivity index (χ2n) is 7.81. The minimum absolute atomic E-state index is 0.0572. The molecule has 0 radical (unpaired) electrons. The maximum Gasteiger partial charge on any atom is 0.221 e. The van der Waals surface area contributed by atoms with Gasteiger partial charge in [0.25, 0.3) is 0 Å². The predicted octanol–water partition coefficient (Wildman–Crippen LogP) is 3.18. The van der Waals surface area contributed by atoms with Crippen LogP contribution in [-0.2, 0) is 4.84 Å². The van der Waals surface area contributed by atoms with Crippen LogP contribution in [0, 0.1) is 11.8 Å². The first-order chi connectivity index (χ1) is 13.3. The lowest BCUT2D eigenvalue weighted by Gasteiger charge is -2.47. The number of hydrogen-bond donors (Lipinski definition) is 2. The van der Waals surface area contributed by atoms with Crippen molar-refractivity contribution in [2.24, 2.45) is 11.8 Å². The monoisotopic (exact) mass is 367 g/mol. The van der Waals surface area contributed by atoms with Gasteiger partial charge in [0, 0.05) is 24.5 Å². The SMILES string of the molecule is COc1ncccc1-c1ccnc(NN2NC[C@]3(CC4CCC3CC4)O2)c1. The van der Waals surface area contributed by atoms with Gasteiger partial charge in [-0.15, -0.1) is 0 Å². The van der Waals surface area contributed by atoms with Crippen LogP contribution in [0.15, 0.2) is 36.7 Å². The van der Waals surface area contributed by atoms with Gasteiger partial charge in [-0.3, -0.25) is 10.3 Å². The van der Waals surface area contributed by atoms with E-state index in [9.17, 15) is 0 Å². The quantitative estimate of drug-likeness (QED) is 0.860. The number of methoxy groups -OCH3 is 1. The average Bonchev–Trinajstić information content (AvgIpc) is 3.10. The molecule has 1 aliphatic heterocycles. The number of nitrogens with one attached hydrogen (secondary N) is 2. The molecule has 0 amide bonds. The van der Waals surface area contributed by atoms with Gasteiger partial charge < -0.3 is 4.74 Å². The fraction of sp³-hybridized carbons (Fsp3) is 0.500. The van der Waals surface area contributed by atoms with Crippen molar-refractivity contribution in [3.8, 4) is 17.0 Å². The molecule has 2 aromatic heterocycles. The van der Waals surface area contributed by atoms with Crippen LogP contribution in [0.4, 0.5) is 5.82 Å². The molecule has 4 aliphatic rings. The Hall–Kier alpha value is -2.22. The summed E-state index contributed by atoms with van der Waals surface area (Å²) >= 11 is 0. The van der Waals surface area contributed by atoms with Gasteiger partial charge in [-0.25, -0.2) is 15.4 Å². The Morgan fingerprint density at radius 1 is 1.22 bits per heavy atom. The molecule has 2 bridgehead atoms. The number of aromatic nitrogens is 2. The van der Waals surface area contributed by atoms with Crippen LogP contribution in [0.5, 0.6) is 5.88 Å². The first-order valence-corrected chi connectivity index (χ1v) is 9.71. The highest BCUT2D eigenvalue weighted by Crippen LogP contribution is 2.50. The van der Waals surface area contributed by atoms with Gasteiger partial charge in [0.15, 0.2) is 0 Å². The zero-order valence-electron chi connectivity index (χ0n) is 15.5. The van der Waals surface area contributed by atoms with Gasteiger partial charge in [-0.1, -0.05) is 0 Å². The molecule has 1 spiro atoms. The molecule has 3 aliphatic carbocycles. The Balaban J connectivity index is 1.32. The number of fused-ring (bicyclic) bond motifs is 2. The Morgan fingerprint density at radius 2 is 2.11 bits per heavy atom. The zero-order chi connectivity index (χ0) is 18.3. The molecule has 6 rings (SSSR count). The Labute approximate surface area is 159 Å². The van der Waals surface area contributed by atoms with E-state index in [0.29, 0.717) is 17.6 Å². The van der Waals surface area contributed by atoms with Crippen LogP contribution < -0.4 is 15.6 Å². The number of anilines is 1. The maximum absolute atomic E-state index is 6.35. The van der Waals surface area contributed by atoms with Crippen LogP contribution in [-0.4, -0.2) is 34.5 Å². The maximum atomic E-state index is 6.35. The van der Waals surface area contributed by atoms with E-state index in [1.807, 2.05) is 24.3 Å². The molecule has 27 heavy (non-hydrogen) atoms. The van der Waals surface area contributed by atoms with Crippen LogP contribution in [0.3, 0.4) is 0 Å². The number of nitrogens with zero attached hydrogens (tertiary/aromatic N) is 3. The predicted molar refractivity (Wildman–Crippen MR) is 101 cm³/mol. The third kappa shape index (κ3) is 3.05. The van der Waals surface area contributed by atoms with Crippen LogP contribution in [0.2, 0.25) is 0 Å². The van der Waals surface area contributed by atoms with E-state index in [1.54, 1.807) is 24.8 Å². The van der Waals surface area contributed by atoms with E-state index in [-0.39, 0.29) is 5.60 Å². The summed E-state index contributed by atoms with van der Waals surface area (Å²) in [5.74, 6) is 2.78. The van der Waals surface area contributed by atoms with Gasteiger partial charge in [0.05, 0.1) is 7.11 Å². The summed E-state index contributed by atoms with van der Waals surface area (Å²) in [6.07, 6.45) is 9.95. The molecule has 2 N–H and O–H groups in total. The van der Waals surface area contributed by atoms with Crippen molar-refractivity contribution >= 4 is 5.82 Å². The smallest absolute Gasteiger partial charge is 0.221 e. The molecule has 4 fully saturated rings. The molecule has 7 nitrogen and oxygen atoms in total. The number of hydrazine groups is 2. The average molecular weight is 367 g/mol. The molecule has 1 atom stereocenters. The normalized spacial score (nSPS) is 30.0. The first-order valence-electron chi connectivity index (χ1n) is 9.71. The fourth-order valence-corrected chi connectivity index (χ4v) is 4.93. The lowest BCUT2D eigenvalue weighted by atomic mass is 9.62. The van der Waals surface area contributed by atoms with E-state index < -0.39 is 0 Å². The Bertz CT molecular complexity index is 824. The van der Waals surface area contributed by atoms with Crippen molar-refractivity contribution in [1.29, 1.82) is 0 Å². The Morgan fingerprint density at radius 3 is 2.89 bits per heavy atom. The molecule has 3 heterocycles. The molecule has 0 aromatic carbocycles. The third-order valence-electron chi connectivity index (χ3n) is 6.27. The van der Waals surface area contributed by atoms with Crippen molar-refractivity contribution in [3.63, 3.8) is 0 Å². The van der Waals surface area contributed by atoms with Crippen molar-refractivity contribution < 1.29 is 9.57 Å². The second-order valence-corrected chi connectivity index (χ2v) is 7.81. The van der Waals surface area contributed by atoms with E-state index in [0.717, 1.165) is 30.0 Å². The number of rotatable bonds is 4. The second kappa shape index (κ2) is 6.74. The van der Waals surface area contributed by atoms with Crippen LogP contribution in [0.25, 0.3) is 11.1 Å². The summed E-state index contributed by atoms with van der Waals surface area (Å²) in [7, 11) is 1.63. The molecule has 0 unspecified atom stereocenters. The summed E-state index contributed by atoms with van der Waals surface area (Å²) in [4.78, 5) is 15.1. The number of pyridine rings is 2. The minimum atomic E-state index is -0.0572. The topological polar surface area (TPSA) is 71.5 Å². The van der Waals surface area contributed by atoms with E-state index in [2.05, 4.69) is 20.8 Å². The Kier molecular flexibility index (Phi) is 4.22. The lowest BCUT2D eigenvalue weighted by molar-refractivity contribution is -0.235. The molecular weight excluding hydrogens is 342 g/mol. The van der Waals surface area contributed by atoms with Crippen LogP contribution in [0.1, 0.15) is 32.1 Å². The van der Waals surface area contributed by atoms with Gasteiger partial charge in [-0.2, -0.15) is 0 Å². The third-order valence-corrected chi connectivity index (χ3v) is 6.27. The minimum Gasteiger partial charge on any atom is -0.481 e. The molecule has 7 heteroatoms. The zero-order valence-corrected chi connectivity index (χ0v) is 15.5. The molecule has 2 aromatic rings.